The molecule has 6 rings (SSSR count). The van der Waals surface area contributed by atoms with Gasteiger partial charge in [0.15, 0.2) is 5.04 Å². The van der Waals surface area contributed by atoms with Crippen molar-refractivity contribution in [1.82, 2.24) is 0 Å². The van der Waals surface area contributed by atoms with Crippen molar-refractivity contribution in [3.8, 4) is 0 Å². The van der Waals surface area contributed by atoms with Crippen molar-refractivity contribution in [2.45, 2.75) is 4.33 Å². The minimum Gasteiger partial charge on any atom is -0.286 e. The molecule has 0 aromatic heterocycles. The number of thioether (sulfide) groups is 2. The molecule has 7 heteroatoms. The Hall–Kier alpha value is -4.07. The Bertz CT molecular complexity index is 1510. The average molecular weight is 520 g/mol. The van der Waals surface area contributed by atoms with Gasteiger partial charge in [0.25, 0.3) is 5.91 Å². The zero-order valence-corrected chi connectivity index (χ0v) is 21.2. The van der Waals surface area contributed by atoms with Crippen LogP contribution in [0, 0.1) is 0 Å². The number of carbonyl (C=O) groups is 2. The molecule has 1 atom stereocenters. The van der Waals surface area contributed by atoms with E-state index in [4.69, 9.17) is 5.10 Å². The lowest BCUT2D eigenvalue weighted by molar-refractivity contribution is -0.114. The molecular formula is C30H21N3O2S2. The smallest absolute Gasteiger partial charge is 0.268 e. The van der Waals surface area contributed by atoms with E-state index in [2.05, 4.69) is 0 Å². The molecule has 0 N–H and O–H groups in total. The van der Waals surface area contributed by atoms with Gasteiger partial charge in [-0.05, 0) is 47.7 Å². The number of ketones is 1. The van der Waals surface area contributed by atoms with E-state index in [1.54, 1.807) is 22.0 Å². The lowest BCUT2D eigenvalue weighted by Crippen LogP contribution is -2.51. The number of amides is 1. The van der Waals surface area contributed by atoms with E-state index in [1.807, 2.05) is 115 Å². The number of hydrazone groups is 1. The SMILES string of the molecule is O=C(C1=NN(c2ccccc2)[C@]2(S1)S/C(=C\c1ccccc1)C(=O)N2c1ccccc1)c1ccccc1. The van der Waals surface area contributed by atoms with Gasteiger partial charge >= 0.3 is 0 Å². The number of rotatable bonds is 5. The molecule has 0 unspecified atom stereocenters. The van der Waals surface area contributed by atoms with Crippen LogP contribution in [0.1, 0.15) is 15.9 Å². The number of para-hydroxylation sites is 2. The Labute approximate surface area is 223 Å². The number of anilines is 2. The second kappa shape index (κ2) is 9.76. The van der Waals surface area contributed by atoms with Crippen molar-refractivity contribution in [3.63, 3.8) is 0 Å². The Balaban J connectivity index is 1.51. The predicted octanol–water partition coefficient (Wildman–Crippen LogP) is 6.87. The van der Waals surface area contributed by atoms with Crippen LogP contribution in [-0.4, -0.2) is 21.1 Å². The van der Waals surface area contributed by atoms with E-state index in [-0.39, 0.29) is 11.7 Å². The Morgan fingerprint density at radius 3 is 1.86 bits per heavy atom. The third-order valence-electron chi connectivity index (χ3n) is 5.97. The highest BCUT2D eigenvalue weighted by Crippen LogP contribution is 2.59. The first-order chi connectivity index (χ1) is 18.2. The summed E-state index contributed by atoms with van der Waals surface area (Å²) in [6.07, 6.45) is 1.90. The van der Waals surface area contributed by atoms with Crippen molar-refractivity contribution in [2.75, 3.05) is 9.91 Å². The summed E-state index contributed by atoms with van der Waals surface area (Å²) in [5, 5.41) is 6.97. The Kier molecular flexibility index (Phi) is 6.16. The molecule has 0 bridgehead atoms. The molecule has 0 saturated carbocycles. The summed E-state index contributed by atoms with van der Waals surface area (Å²) in [7, 11) is 0. The van der Waals surface area contributed by atoms with Gasteiger partial charge in [-0.1, -0.05) is 109 Å². The van der Waals surface area contributed by atoms with Crippen molar-refractivity contribution < 1.29 is 9.59 Å². The fourth-order valence-corrected chi connectivity index (χ4v) is 7.21. The van der Waals surface area contributed by atoms with E-state index >= 15 is 0 Å². The van der Waals surface area contributed by atoms with E-state index in [0.717, 1.165) is 16.9 Å². The van der Waals surface area contributed by atoms with E-state index in [1.165, 1.54) is 23.5 Å². The molecule has 37 heavy (non-hydrogen) atoms. The highest BCUT2D eigenvalue weighted by Gasteiger charge is 2.60. The molecule has 4 aromatic rings. The fraction of sp³-hybridized carbons (Fsp3) is 0.0333. The van der Waals surface area contributed by atoms with E-state index < -0.39 is 4.33 Å². The van der Waals surface area contributed by atoms with Gasteiger partial charge in [-0.15, -0.1) is 0 Å². The van der Waals surface area contributed by atoms with E-state index in [9.17, 15) is 9.59 Å². The molecule has 2 aliphatic heterocycles. The Morgan fingerprint density at radius 1 is 0.703 bits per heavy atom. The molecule has 1 fully saturated rings. The molecular weight excluding hydrogens is 498 g/mol. The first-order valence-electron chi connectivity index (χ1n) is 11.7. The third kappa shape index (κ3) is 4.26. The van der Waals surface area contributed by atoms with Crippen LogP contribution in [0.25, 0.3) is 6.08 Å². The lowest BCUT2D eigenvalue weighted by Gasteiger charge is -2.38. The number of hydrogen-bond donors (Lipinski definition) is 0. The molecule has 1 saturated heterocycles. The maximum absolute atomic E-state index is 14.1. The van der Waals surface area contributed by atoms with Gasteiger partial charge in [-0.2, -0.15) is 5.10 Å². The lowest BCUT2D eigenvalue weighted by atomic mass is 10.1. The van der Waals surface area contributed by atoms with Crippen LogP contribution in [0.4, 0.5) is 11.4 Å². The van der Waals surface area contributed by atoms with Crippen LogP contribution in [0.2, 0.25) is 0 Å². The predicted molar refractivity (Wildman–Crippen MR) is 153 cm³/mol. The van der Waals surface area contributed by atoms with Gasteiger partial charge in [0.05, 0.1) is 10.6 Å². The Morgan fingerprint density at radius 2 is 1.24 bits per heavy atom. The van der Waals surface area contributed by atoms with Crippen LogP contribution >= 0.6 is 23.5 Å². The van der Waals surface area contributed by atoms with Crippen LogP contribution in [0.3, 0.4) is 0 Å². The van der Waals surface area contributed by atoms with Gasteiger partial charge < -0.3 is 0 Å². The molecule has 5 nitrogen and oxygen atoms in total. The highest BCUT2D eigenvalue weighted by molar-refractivity contribution is 8.29. The minimum absolute atomic E-state index is 0.142. The highest BCUT2D eigenvalue weighted by atomic mass is 32.2. The fourth-order valence-electron chi connectivity index (χ4n) is 4.26. The van der Waals surface area contributed by atoms with Gasteiger partial charge in [0.1, 0.15) is 0 Å². The molecule has 0 radical (unpaired) electrons. The number of nitrogens with zero attached hydrogens (tertiary/aromatic N) is 3. The molecule has 4 aromatic carbocycles. The maximum Gasteiger partial charge on any atom is 0.268 e. The van der Waals surface area contributed by atoms with Crippen LogP contribution in [-0.2, 0) is 4.79 Å². The van der Waals surface area contributed by atoms with E-state index in [0.29, 0.717) is 15.5 Å². The first-order valence-corrected chi connectivity index (χ1v) is 13.4. The van der Waals surface area contributed by atoms with Crippen molar-refractivity contribution in [3.05, 3.63) is 137 Å². The van der Waals surface area contributed by atoms with Gasteiger partial charge in [-0.3, -0.25) is 14.5 Å². The normalized spacial score (nSPS) is 20.1. The second-order valence-electron chi connectivity index (χ2n) is 8.40. The quantitative estimate of drug-likeness (QED) is 0.213. The molecule has 180 valence electrons. The molecule has 2 heterocycles. The molecule has 2 aliphatic rings. The number of carbonyl (C=O) groups excluding carboxylic acids is 2. The summed E-state index contributed by atoms with van der Waals surface area (Å²) in [6, 6.07) is 38.1. The summed E-state index contributed by atoms with van der Waals surface area (Å²) in [4.78, 5) is 29.9. The third-order valence-corrected chi connectivity index (χ3v) is 8.69. The summed E-state index contributed by atoms with van der Waals surface area (Å²) in [6.45, 7) is 0. The average Bonchev–Trinajstić information content (AvgIpc) is 3.46. The summed E-state index contributed by atoms with van der Waals surface area (Å²) in [5.74, 6) is -0.318. The number of hydrogen-bond acceptors (Lipinski definition) is 6. The zero-order chi connectivity index (χ0) is 25.2. The summed E-state index contributed by atoms with van der Waals surface area (Å²) in [5.41, 5.74) is 3.00. The van der Waals surface area contributed by atoms with Crippen molar-refractivity contribution in [1.29, 1.82) is 0 Å². The second-order valence-corrected chi connectivity index (χ2v) is 11.0. The largest absolute Gasteiger partial charge is 0.286 e. The monoisotopic (exact) mass is 519 g/mol. The van der Waals surface area contributed by atoms with Gasteiger partial charge in [-0.25, -0.2) is 5.01 Å². The summed E-state index contributed by atoms with van der Waals surface area (Å²) >= 11 is 2.71. The summed E-state index contributed by atoms with van der Waals surface area (Å²) < 4.78 is -1.06. The van der Waals surface area contributed by atoms with Crippen LogP contribution in [0.15, 0.2) is 131 Å². The molecule has 1 amide bonds. The topological polar surface area (TPSA) is 53.0 Å². The van der Waals surface area contributed by atoms with Crippen LogP contribution < -0.4 is 9.91 Å². The maximum atomic E-state index is 14.1. The van der Waals surface area contributed by atoms with Gasteiger partial charge in [0, 0.05) is 11.3 Å². The van der Waals surface area contributed by atoms with Crippen molar-refractivity contribution >= 4 is 57.7 Å². The molecule has 1 spiro atoms. The molecule has 0 aliphatic carbocycles. The van der Waals surface area contributed by atoms with Gasteiger partial charge in [0.2, 0.25) is 10.1 Å². The minimum atomic E-state index is -1.06. The standard InChI is InChI=1S/C30H21N3O2S2/c34-27(23-15-7-2-8-16-23)28-31-33(25-19-11-4-12-20-25)30(37-28)32(24-17-9-3-10-18-24)29(35)26(36-30)21-22-13-5-1-6-14-22/h1-21H/b26-21-/t30-/m0/s1. The van der Waals surface area contributed by atoms with Crippen LogP contribution in [0.5, 0.6) is 0 Å². The first kappa shape index (κ1) is 23.3. The number of benzene rings is 4. The van der Waals surface area contributed by atoms with Crippen molar-refractivity contribution in [2.24, 2.45) is 5.10 Å². The number of Topliss-reactive ketones (excluding diaryl/α,β-unsaturated/α-hetero) is 1. The zero-order valence-electron chi connectivity index (χ0n) is 19.6.